The highest BCUT2D eigenvalue weighted by molar-refractivity contribution is 5.71. The predicted molar refractivity (Wildman–Crippen MR) is 358 cm³/mol. The average Bonchev–Trinajstić information content (AvgIpc) is 3.47. The Labute approximate surface area is 509 Å². The van der Waals surface area contributed by atoms with Crippen LogP contribution < -0.4 is 0 Å². The van der Waals surface area contributed by atoms with Crippen LogP contribution in [0.15, 0.2) is 85.1 Å². The maximum absolute atomic E-state index is 13.0. The van der Waals surface area contributed by atoms with Crippen LogP contribution in [0.4, 0.5) is 0 Å². The Morgan fingerprint density at radius 1 is 0.256 bits per heavy atom. The predicted octanol–water partition coefficient (Wildman–Crippen LogP) is 24.6. The molecule has 0 aliphatic heterocycles. The van der Waals surface area contributed by atoms with Gasteiger partial charge in [-0.15, -0.1) is 0 Å². The van der Waals surface area contributed by atoms with Crippen molar-refractivity contribution in [1.82, 2.24) is 0 Å². The number of hydrogen-bond donors (Lipinski definition) is 0. The van der Waals surface area contributed by atoms with Crippen molar-refractivity contribution >= 4 is 17.9 Å². The number of carbonyl (C=O) groups is 3. The van der Waals surface area contributed by atoms with Crippen molar-refractivity contribution in [3.8, 4) is 0 Å². The monoisotopic (exact) mass is 1140 g/mol. The highest BCUT2D eigenvalue weighted by atomic mass is 16.6. The number of rotatable bonds is 65. The van der Waals surface area contributed by atoms with Crippen LogP contribution in [-0.4, -0.2) is 37.2 Å². The second-order valence-electron chi connectivity index (χ2n) is 23.8. The molecule has 0 aliphatic carbocycles. The SMILES string of the molecule is CC/C=C\C/C=C\C/C=C\C/C=C\C/C=C\CCCCCCCCCCCCCCCC(=O)OCC(COC(=O)CCCCCCC/C=C\C/C=C\CCC)OC(=O)CCCCCCCCCCCCCCCCCCCCCCCC. The normalized spacial score (nSPS) is 12.6. The zero-order valence-electron chi connectivity index (χ0n) is 54.5. The lowest BCUT2D eigenvalue weighted by molar-refractivity contribution is -0.167. The summed E-state index contributed by atoms with van der Waals surface area (Å²) in [6, 6.07) is 0. The maximum atomic E-state index is 13.0. The molecule has 0 spiro atoms. The molecule has 0 aromatic heterocycles. The number of esters is 3. The van der Waals surface area contributed by atoms with Gasteiger partial charge in [0.15, 0.2) is 6.10 Å². The Balaban J connectivity index is 4.24. The van der Waals surface area contributed by atoms with Crippen LogP contribution in [0.2, 0.25) is 0 Å². The first-order chi connectivity index (χ1) is 40.5. The van der Waals surface area contributed by atoms with Crippen molar-refractivity contribution in [2.24, 2.45) is 0 Å². The molecule has 0 aromatic rings. The van der Waals surface area contributed by atoms with E-state index in [1.165, 1.54) is 205 Å². The topological polar surface area (TPSA) is 78.9 Å². The van der Waals surface area contributed by atoms with Gasteiger partial charge in [0.1, 0.15) is 13.2 Å². The number of allylic oxidation sites excluding steroid dienone is 14. The zero-order chi connectivity index (χ0) is 59.2. The molecule has 0 heterocycles. The van der Waals surface area contributed by atoms with Crippen LogP contribution >= 0.6 is 0 Å². The molecule has 0 amide bonds. The summed E-state index contributed by atoms with van der Waals surface area (Å²) in [6.07, 6.45) is 93.3. The standard InChI is InChI=1S/C76H134O6/c1-4-7-10-13-16-19-22-25-27-29-31-33-35-36-37-38-39-40-41-43-44-46-48-51-54-57-60-63-66-69-75(78)81-72-73(71-80-74(77)68-65-62-59-56-53-50-24-21-18-15-12-9-6-3)82-76(79)70-67-64-61-58-55-52-49-47-45-42-34-32-30-28-26-23-20-17-14-11-8-5-2/h7,10,12,15-16,19,21,24-25,27,31,33,36-37,73H,4-6,8-9,11,13-14,17-18,20,22-23,26,28-30,32,34-35,38-72H2,1-3H3/b10-7-,15-12-,19-16-,24-21-,27-25-,33-31-,37-36-. The minimum Gasteiger partial charge on any atom is -0.462 e. The Kier molecular flexibility index (Phi) is 67.2. The molecule has 0 bridgehead atoms. The summed E-state index contributed by atoms with van der Waals surface area (Å²) in [7, 11) is 0. The van der Waals surface area contributed by atoms with E-state index in [0.717, 1.165) is 116 Å². The van der Waals surface area contributed by atoms with E-state index in [2.05, 4.69) is 106 Å². The van der Waals surface area contributed by atoms with Crippen molar-refractivity contribution in [3.63, 3.8) is 0 Å². The summed E-state index contributed by atoms with van der Waals surface area (Å²) in [4.78, 5) is 38.4. The van der Waals surface area contributed by atoms with Crippen LogP contribution in [0, 0.1) is 0 Å². The third-order valence-electron chi connectivity index (χ3n) is 15.6. The lowest BCUT2D eigenvalue weighted by Crippen LogP contribution is -2.30. The molecule has 0 radical (unpaired) electrons. The summed E-state index contributed by atoms with van der Waals surface area (Å²) < 4.78 is 17.0. The molecule has 6 heteroatoms. The van der Waals surface area contributed by atoms with E-state index in [0.29, 0.717) is 19.3 Å². The van der Waals surface area contributed by atoms with Crippen LogP contribution in [0.3, 0.4) is 0 Å². The van der Waals surface area contributed by atoms with Gasteiger partial charge in [-0.05, 0) is 89.9 Å². The molecule has 0 aliphatic rings. The first-order valence-electron chi connectivity index (χ1n) is 35.6. The summed E-state index contributed by atoms with van der Waals surface area (Å²) in [5, 5.41) is 0. The summed E-state index contributed by atoms with van der Waals surface area (Å²) in [6.45, 7) is 6.50. The highest BCUT2D eigenvalue weighted by Gasteiger charge is 2.19. The second-order valence-corrected chi connectivity index (χ2v) is 23.8. The molecule has 0 saturated carbocycles. The minimum atomic E-state index is -0.782. The smallest absolute Gasteiger partial charge is 0.306 e. The first-order valence-corrected chi connectivity index (χ1v) is 35.6. The number of carbonyl (C=O) groups excluding carboxylic acids is 3. The largest absolute Gasteiger partial charge is 0.462 e. The number of hydrogen-bond acceptors (Lipinski definition) is 6. The van der Waals surface area contributed by atoms with E-state index >= 15 is 0 Å². The van der Waals surface area contributed by atoms with Crippen molar-refractivity contribution in [2.75, 3.05) is 13.2 Å². The molecule has 0 saturated heterocycles. The Hall–Kier alpha value is -3.41. The van der Waals surface area contributed by atoms with Gasteiger partial charge in [-0.25, -0.2) is 0 Å². The molecule has 0 aromatic carbocycles. The van der Waals surface area contributed by atoms with Crippen molar-refractivity contribution in [1.29, 1.82) is 0 Å². The zero-order valence-corrected chi connectivity index (χ0v) is 54.5. The third-order valence-corrected chi connectivity index (χ3v) is 15.6. The van der Waals surface area contributed by atoms with E-state index < -0.39 is 6.10 Å². The Morgan fingerprint density at radius 2 is 0.500 bits per heavy atom. The summed E-state index contributed by atoms with van der Waals surface area (Å²) >= 11 is 0. The van der Waals surface area contributed by atoms with Gasteiger partial charge in [-0.3, -0.25) is 14.4 Å². The van der Waals surface area contributed by atoms with Gasteiger partial charge in [-0.2, -0.15) is 0 Å². The van der Waals surface area contributed by atoms with Gasteiger partial charge in [0, 0.05) is 19.3 Å². The fraction of sp³-hybridized carbons (Fsp3) is 0.776. The van der Waals surface area contributed by atoms with Crippen molar-refractivity contribution < 1.29 is 28.6 Å². The molecular weight excluding hydrogens is 1010 g/mol. The van der Waals surface area contributed by atoms with E-state index in [-0.39, 0.29) is 31.1 Å². The first kappa shape index (κ1) is 78.6. The van der Waals surface area contributed by atoms with Crippen molar-refractivity contribution in [3.05, 3.63) is 85.1 Å². The minimum absolute atomic E-state index is 0.0776. The van der Waals surface area contributed by atoms with Crippen LogP contribution in [0.1, 0.15) is 361 Å². The molecule has 82 heavy (non-hydrogen) atoms. The van der Waals surface area contributed by atoms with Gasteiger partial charge in [-0.1, -0.05) is 337 Å². The lowest BCUT2D eigenvalue weighted by Gasteiger charge is -2.18. The maximum Gasteiger partial charge on any atom is 0.306 e. The van der Waals surface area contributed by atoms with Gasteiger partial charge in [0.25, 0.3) is 0 Å². The Bertz CT molecular complexity index is 1550. The van der Waals surface area contributed by atoms with E-state index in [1.807, 2.05) is 0 Å². The quantitative estimate of drug-likeness (QED) is 0.0261. The number of unbranched alkanes of at least 4 members (excludes halogenated alkanes) is 40. The van der Waals surface area contributed by atoms with Gasteiger partial charge < -0.3 is 14.2 Å². The molecule has 0 N–H and O–H groups in total. The Morgan fingerprint density at radius 3 is 0.793 bits per heavy atom. The third kappa shape index (κ3) is 67.4. The highest BCUT2D eigenvalue weighted by Crippen LogP contribution is 2.18. The lowest BCUT2D eigenvalue weighted by atomic mass is 10.0. The van der Waals surface area contributed by atoms with Gasteiger partial charge >= 0.3 is 17.9 Å². The molecular formula is C76H134O6. The van der Waals surface area contributed by atoms with Crippen LogP contribution in [0.5, 0.6) is 0 Å². The second kappa shape index (κ2) is 70.1. The van der Waals surface area contributed by atoms with Crippen LogP contribution in [0.25, 0.3) is 0 Å². The van der Waals surface area contributed by atoms with E-state index in [4.69, 9.17) is 14.2 Å². The average molecular weight is 1140 g/mol. The van der Waals surface area contributed by atoms with Crippen molar-refractivity contribution in [2.45, 2.75) is 367 Å². The molecule has 1 atom stereocenters. The number of ether oxygens (including phenoxy) is 3. The molecule has 6 nitrogen and oxygen atoms in total. The van der Waals surface area contributed by atoms with E-state index in [9.17, 15) is 14.4 Å². The summed E-state index contributed by atoms with van der Waals surface area (Å²) in [5.41, 5.74) is 0. The molecule has 474 valence electrons. The van der Waals surface area contributed by atoms with Gasteiger partial charge in [0.05, 0.1) is 0 Å². The summed E-state index contributed by atoms with van der Waals surface area (Å²) in [5.74, 6) is -0.872. The molecule has 0 fully saturated rings. The fourth-order valence-corrected chi connectivity index (χ4v) is 10.3. The van der Waals surface area contributed by atoms with E-state index in [1.54, 1.807) is 0 Å². The molecule has 0 rings (SSSR count). The van der Waals surface area contributed by atoms with Gasteiger partial charge in [0.2, 0.25) is 0 Å². The molecule has 1 unspecified atom stereocenters. The van der Waals surface area contributed by atoms with Crippen LogP contribution in [-0.2, 0) is 28.6 Å². The fourth-order valence-electron chi connectivity index (χ4n) is 10.3.